The van der Waals surface area contributed by atoms with Crippen molar-refractivity contribution < 1.29 is 4.79 Å². The van der Waals surface area contributed by atoms with E-state index in [9.17, 15) is 4.79 Å². The van der Waals surface area contributed by atoms with Crippen LogP contribution < -0.4 is 5.32 Å². The Morgan fingerprint density at radius 2 is 2.13 bits per heavy atom. The van der Waals surface area contributed by atoms with E-state index in [1.807, 2.05) is 30.5 Å². The number of rotatable bonds is 3. The van der Waals surface area contributed by atoms with Gasteiger partial charge in [-0.25, -0.2) is 9.78 Å². The largest absolute Gasteiger partial charge is 0.341 e. The third-order valence-electron chi connectivity index (χ3n) is 6.20. The lowest BCUT2D eigenvalue weighted by atomic mass is 10.1. The van der Waals surface area contributed by atoms with Gasteiger partial charge in [-0.15, -0.1) is 11.3 Å². The van der Waals surface area contributed by atoms with Crippen molar-refractivity contribution in [3.8, 4) is 22.5 Å². The van der Waals surface area contributed by atoms with Gasteiger partial charge in [-0.05, 0) is 18.9 Å². The molecule has 1 saturated carbocycles. The molecule has 9 heteroatoms. The van der Waals surface area contributed by atoms with Crippen molar-refractivity contribution in [3.05, 3.63) is 41.6 Å². The van der Waals surface area contributed by atoms with E-state index in [1.165, 1.54) is 23.4 Å². The van der Waals surface area contributed by atoms with Crippen molar-refractivity contribution in [1.29, 1.82) is 0 Å². The predicted molar refractivity (Wildman–Crippen MR) is 120 cm³/mol. The first-order chi connectivity index (χ1) is 15.1. The Hall–Kier alpha value is -3.20. The molecule has 1 aliphatic heterocycles. The quantitative estimate of drug-likeness (QED) is 0.535. The summed E-state index contributed by atoms with van der Waals surface area (Å²) in [5, 5.41) is 10.3. The van der Waals surface area contributed by atoms with E-state index >= 15 is 0 Å². The summed E-state index contributed by atoms with van der Waals surface area (Å²) in [4.78, 5) is 24.0. The summed E-state index contributed by atoms with van der Waals surface area (Å²) in [7, 11) is 3.59. The van der Waals surface area contributed by atoms with Gasteiger partial charge in [0, 0.05) is 72.1 Å². The molecule has 1 fully saturated rings. The fourth-order valence-corrected chi connectivity index (χ4v) is 5.37. The molecule has 31 heavy (non-hydrogen) atoms. The molecule has 158 valence electrons. The molecule has 5 heterocycles. The SMILES string of the molecule is CNC(=O)N1CCn2c(C3CC3)nc(-c3csc4cc(-c5cnn(C)c5)ncc34)c2C1. The molecule has 0 bridgehead atoms. The first-order valence-electron chi connectivity index (χ1n) is 10.5. The summed E-state index contributed by atoms with van der Waals surface area (Å²) >= 11 is 1.71. The zero-order valence-electron chi connectivity index (χ0n) is 17.5. The van der Waals surface area contributed by atoms with Crippen molar-refractivity contribution in [2.45, 2.75) is 31.8 Å². The number of fused-ring (bicyclic) bond motifs is 2. The molecule has 8 nitrogen and oxygen atoms in total. The number of imidazole rings is 1. The highest BCUT2D eigenvalue weighted by Gasteiger charge is 2.34. The topological polar surface area (TPSA) is 80.9 Å². The molecule has 1 N–H and O–H groups in total. The third-order valence-corrected chi connectivity index (χ3v) is 7.14. The Bertz CT molecular complexity index is 1310. The molecule has 0 unspecified atom stereocenters. The number of amides is 2. The van der Waals surface area contributed by atoms with E-state index in [1.54, 1.807) is 23.1 Å². The lowest BCUT2D eigenvalue weighted by molar-refractivity contribution is 0.185. The van der Waals surface area contributed by atoms with Crippen LogP contribution >= 0.6 is 11.3 Å². The van der Waals surface area contributed by atoms with Crippen LogP contribution in [0.2, 0.25) is 0 Å². The van der Waals surface area contributed by atoms with E-state index < -0.39 is 0 Å². The number of urea groups is 1. The molecule has 0 spiro atoms. The minimum Gasteiger partial charge on any atom is -0.341 e. The van der Waals surface area contributed by atoms with Gasteiger partial charge in [0.1, 0.15) is 5.82 Å². The summed E-state index contributed by atoms with van der Waals surface area (Å²) in [5.74, 6) is 1.74. The third kappa shape index (κ3) is 3.03. The van der Waals surface area contributed by atoms with Crippen molar-refractivity contribution in [2.24, 2.45) is 7.05 Å². The van der Waals surface area contributed by atoms with Gasteiger partial charge in [0.15, 0.2) is 0 Å². The first-order valence-corrected chi connectivity index (χ1v) is 11.4. The Kier molecular flexibility index (Phi) is 4.14. The molecular formula is C22H23N7OS. The number of carbonyl (C=O) groups excluding carboxylic acids is 1. The second-order valence-electron chi connectivity index (χ2n) is 8.29. The minimum absolute atomic E-state index is 0.0377. The van der Waals surface area contributed by atoms with Crippen LogP contribution in [0.15, 0.2) is 30.0 Å². The lowest BCUT2D eigenvalue weighted by Crippen LogP contribution is -2.43. The van der Waals surface area contributed by atoms with Gasteiger partial charge >= 0.3 is 6.03 Å². The second-order valence-corrected chi connectivity index (χ2v) is 9.20. The molecule has 0 saturated heterocycles. The Morgan fingerprint density at radius 1 is 1.26 bits per heavy atom. The average molecular weight is 434 g/mol. The van der Waals surface area contributed by atoms with Crippen LogP contribution in [-0.2, 0) is 20.1 Å². The van der Waals surface area contributed by atoms with Gasteiger partial charge in [0.2, 0.25) is 0 Å². The zero-order chi connectivity index (χ0) is 21.1. The fourth-order valence-electron chi connectivity index (χ4n) is 4.41. The lowest BCUT2D eigenvalue weighted by Gasteiger charge is -2.29. The highest BCUT2D eigenvalue weighted by molar-refractivity contribution is 7.17. The van der Waals surface area contributed by atoms with Gasteiger partial charge in [0.25, 0.3) is 0 Å². The number of thiophene rings is 1. The van der Waals surface area contributed by atoms with E-state index in [-0.39, 0.29) is 6.03 Å². The van der Waals surface area contributed by atoms with Gasteiger partial charge in [-0.3, -0.25) is 9.67 Å². The van der Waals surface area contributed by atoms with Gasteiger partial charge < -0.3 is 14.8 Å². The molecule has 4 aromatic heterocycles. The maximum absolute atomic E-state index is 12.3. The van der Waals surface area contributed by atoms with Crippen molar-refractivity contribution in [2.75, 3.05) is 13.6 Å². The number of hydrogen-bond donors (Lipinski definition) is 1. The summed E-state index contributed by atoms with van der Waals surface area (Å²) in [6.07, 6.45) is 8.17. The summed E-state index contributed by atoms with van der Waals surface area (Å²) < 4.78 is 5.32. The maximum atomic E-state index is 12.3. The van der Waals surface area contributed by atoms with Crippen molar-refractivity contribution >= 4 is 27.5 Å². The number of aryl methyl sites for hydroxylation is 1. The van der Waals surface area contributed by atoms with Gasteiger partial charge in [-0.1, -0.05) is 0 Å². The average Bonchev–Trinajstić information content (AvgIpc) is 3.23. The molecule has 1 aliphatic carbocycles. The van der Waals surface area contributed by atoms with Crippen LogP contribution in [0.5, 0.6) is 0 Å². The first kappa shape index (κ1) is 18.6. The van der Waals surface area contributed by atoms with Crippen molar-refractivity contribution in [1.82, 2.24) is 34.5 Å². The van der Waals surface area contributed by atoms with E-state index in [0.29, 0.717) is 19.0 Å². The molecule has 2 amide bonds. The van der Waals surface area contributed by atoms with Crippen LogP contribution in [0.3, 0.4) is 0 Å². The number of hydrogen-bond acceptors (Lipinski definition) is 5. The molecule has 0 radical (unpaired) electrons. The molecule has 0 atom stereocenters. The Labute approximate surface area is 183 Å². The minimum atomic E-state index is -0.0377. The highest BCUT2D eigenvalue weighted by atomic mass is 32.1. The number of nitrogens with zero attached hydrogens (tertiary/aromatic N) is 6. The molecular weight excluding hydrogens is 410 g/mol. The standard InChI is InChI=1S/C22H23N7OS/c1-23-22(30)28-5-6-29-18(11-28)20(26-21(29)13-3-4-13)16-12-31-19-7-17(24-9-15(16)19)14-8-25-27(2)10-14/h7-10,12-13H,3-6,11H2,1-2H3,(H,23,30). The summed E-state index contributed by atoms with van der Waals surface area (Å²) in [6.45, 7) is 2.09. The summed E-state index contributed by atoms with van der Waals surface area (Å²) in [6, 6.07) is 2.09. The number of nitrogens with one attached hydrogen (secondary N) is 1. The number of carbonyl (C=O) groups is 1. The summed E-state index contributed by atoms with van der Waals surface area (Å²) in [5.41, 5.74) is 5.17. The monoisotopic (exact) mass is 433 g/mol. The molecule has 2 aliphatic rings. The molecule has 6 rings (SSSR count). The zero-order valence-corrected chi connectivity index (χ0v) is 18.3. The predicted octanol–water partition coefficient (Wildman–Crippen LogP) is 3.59. The van der Waals surface area contributed by atoms with Gasteiger partial charge in [0.05, 0.1) is 29.8 Å². The number of pyridine rings is 1. The van der Waals surface area contributed by atoms with Crippen LogP contribution in [0.25, 0.3) is 32.6 Å². The molecule has 4 aromatic rings. The van der Waals surface area contributed by atoms with E-state index in [2.05, 4.69) is 26.4 Å². The second kappa shape index (κ2) is 6.91. The normalized spacial score (nSPS) is 16.0. The van der Waals surface area contributed by atoms with Crippen molar-refractivity contribution in [3.63, 3.8) is 0 Å². The van der Waals surface area contributed by atoms with E-state index in [0.717, 1.165) is 40.1 Å². The fraction of sp³-hybridized carbons (Fsp3) is 0.364. The van der Waals surface area contributed by atoms with Gasteiger partial charge in [-0.2, -0.15) is 5.10 Å². The van der Waals surface area contributed by atoms with Crippen LogP contribution in [0.1, 0.15) is 30.3 Å². The van der Waals surface area contributed by atoms with Crippen LogP contribution in [-0.4, -0.2) is 48.8 Å². The Morgan fingerprint density at radius 3 is 2.87 bits per heavy atom. The van der Waals surface area contributed by atoms with E-state index in [4.69, 9.17) is 9.97 Å². The maximum Gasteiger partial charge on any atom is 0.317 e. The Balaban J connectivity index is 1.45. The van der Waals surface area contributed by atoms with Crippen LogP contribution in [0.4, 0.5) is 4.79 Å². The highest BCUT2D eigenvalue weighted by Crippen LogP contribution is 2.44. The number of aromatic nitrogens is 5. The molecule has 0 aromatic carbocycles. The smallest absolute Gasteiger partial charge is 0.317 e. The van der Waals surface area contributed by atoms with Crippen LogP contribution in [0, 0.1) is 0 Å².